The minimum Gasteiger partial charge on any atom is -0.450 e. The van der Waals surface area contributed by atoms with Gasteiger partial charge in [0.15, 0.2) is 0 Å². The van der Waals surface area contributed by atoms with Gasteiger partial charge in [0.05, 0.1) is 6.61 Å². The third-order valence-electron chi connectivity index (χ3n) is 4.62. The Balaban J connectivity index is 1.55. The van der Waals surface area contributed by atoms with E-state index in [0.717, 1.165) is 5.56 Å². The Morgan fingerprint density at radius 3 is 2.76 bits per heavy atom. The standard InChI is InChI=1S/C20H26N6O3/c1-3-29-20(28)26-9-6-16(7-10-26)24-18(27)17-11-14(2)23-19(25-17)22-13-15-5-4-8-21-12-15/h4-5,8,11-12,16H,3,6-7,9-10,13H2,1-2H3,(H,24,27)(H,22,23,25). The molecule has 9 heteroatoms. The molecule has 2 amide bonds. The van der Waals surface area contributed by atoms with Crippen LogP contribution in [0.4, 0.5) is 10.7 Å². The Kier molecular flexibility index (Phi) is 6.94. The normalized spacial score (nSPS) is 14.3. The average Bonchev–Trinajstić information content (AvgIpc) is 2.73. The molecule has 1 fully saturated rings. The fourth-order valence-electron chi connectivity index (χ4n) is 3.13. The minimum atomic E-state index is -0.298. The van der Waals surface area contributed by atoms with Crippen LogP contribution in [0.25, 0.3) is 0 Å². The SMILES string of the molecule is CCOC(=O)N1CCC(NC(=O)c2cc(C)nc(NCc3cccnc3)n2)CC1. The fraction of sp³-hybridized carbons (Fsp3) is 0.450. The second-order valence-electron chi connectivity index (χ2n) is 6.87. The fourth-order valence-corrected chi connectivity index (χ4v) is 3.13. The van der Waals surface area contributed by atoms with E-state index in [9.17, 15) is 9.59 Å². The lowest BCUT2D eigenvalue weighted by Gasteiger charge is -2.31. The smallest absolute Gasteiger partial charge is 0.409 e. The zero-order valence-electron chi connectivity index (χ0n) is 16.7. The summed E-state index contributed by atoms with van der Waals surface area (Å²) in [7, 11) is 0. The van der Waals surface area contributed by atoms with Crippen molar-refractivity contribution >= 4 is 17.9 Å². The quantitative estimate of drug-likeness (QED) is 0.767. The Morgan fingerprint density at radius 1 is 1.28 bits per heavy atom. The van der Waals surface area contributed by atoms with Gasteiger partial charge in [-0.1, -0.05) is 6.07 Å². The summed E-state index contributed by atoms with van der Waals surface area (Å²) in [5.74, 6) is 0.158. The molecule has 0 spiro atoms. The highest BCUT2D eigenvalue weighted by Gasteiger charge is 2.25. The molecule has 29 heavy (non-hydrogen) atoms. The lowest BCUT2D eigenvalue weighted by atomic mass is 10.1. The van der Waals surface area contributed by atoms with Crippen molar-refractivity contribution in [3.8, 4) is 0 Å². The lowest BCUT2D eigenvalue weighted by molar-refractivity contribution is 0.0856. The molecule has 0 bridgehead atoms. The number of ether oxygens (including phenoxy) is 1. The van der Waals surface area contributed by atoms with Gasteiger partial charge in [-0.25, -0.2) is 14.8 Å². The molecule has 3 rings (SSSR count). The van der Waals surface area contributed by atoms with E-state index in [4.69, 9.17) is 4.74 Å². The Morgan fingerprint density at radius 2 is 2.07 bits per heavy atom. The molecule has 154 valence electrons. The van der Waals surface area contributed by atoms with Crippen molar-refractivity contribution in [2.24, 2.45) is 0 Å². The van der Waals surface area contributed by atoms with Gasteiger partial charge >= 0.3 is 6.09 Å². The summed E-state index contributed by atoms with van der Waals surface area (Å²) < 4.78 is 5.02. The first kappa shape index (κ1) is 20.5. The maximum Gasteiger partial charge on any atom is 0.409 e. The summed E-state index contributed by atoms with van der Waals surface area (Å²) >= 11 is 0. The maximum atomic E-state index is 12.7. The molecule has 0 atom stereocenters. The van der Waals surface area contributed by atoms with Gasteiger partial charge < -0.3 is 20.3 Å². The highest BCUT2D eigenvalue weighted by molar-refractivity contribution is 5.92. The van der Waals surface area contributed by atoms with Crippen LogP contribution >= 0.6 is 0 Å². The van der Waals surface area contributed by atoms with Crippen LogP contribution < -0.4 is 10.6 Å². The van der Waals surface area contributed by atoms with E-state index in [1.165, 1.54) is 0 Å². The predicted molar refractivity (Wildman–Crippen MR) is 107 cm³/mol. The van der Waals surface area contributed by atoms with E-state index in [2.05, 4.69) is 25.6 Å². The predicted octanol–water partition coefficient (Wildman–Crippen LogP) is 2.14. The number of nitrogens with zero attached hydrogens (tertiary/aromatic N) is 4. The number of carbonyl (C=O) groups excluding carboxylic acids is 2. The maximum absolute atomic E-state index is 12.7. The minimum absolute atomic E-state index is 0.00440. The monoisotopic (exact) mass is 398 g/mol. The molecule has 0 saturated carbocycles. The first-order chi connectivity index (χ1) is 14.0. The van der Waals surface area contributed by atoms with Crippen LogP contribution in [0.1, 0.15) is 41.5 Å². The summed E-state index contributed by atoms with van der Waals surface area (Å²) in [6.07, 6.45) is 4.54. The second kappa shape index (κ2) is 9.81. The molecule has 1 aliphatic heterocycles. The third-order valence-corrected chi connectivity index (χ3v) is 4.62. The van der Waals surface area contributed by atoms with Crippen LogP contribution in [-0.2, 0) is 11.3 Å². The largest absolute Gasteiger partial charge is 0.450 e. The highest BCUT2D eigenvalue weighted by Crippen LogP contribution is 2.13. The Bertz CT molecular complexity index is 837. The lowest BCUT2D eigenvalue weighted by Crippen LogP contribution is -2.46. The van der Waals surface area contributed by atoms with Gasteiger partial charge in [0.2, 0.25) is 5.95 Å². The van der Waals surface area contributed by atoms with E-state index >= 15 is 0 Å². The molecule has 0 radical (unpaired) electrons. The molecular weight excluding hydrogens is 372 g/mol. The molecule has 1 aliphatic rings. The molecule has 2 N–H and O–H groups in total. The number of amides is 2. The van der Waals surface area contributed by atoms with Crippen LogP contribution in [0.2, 0.25) is 0 Å². The number of pyridine rings is 1. The van der Waals surface area contributed by atoms with Crippen LogP contribution in [0.3, 0.4) is 0 Å². The van der Waals surface area contributed by atoms with Crippen LogP contribution in [0.15, 0.2) is 30.6 Å². The highest BCUT2D eigenvalue weighted by atomic mass is 16.6. The first-order valence-electron chi connectivity index (χ1n) is 9.76. The van der Waals surface area contributed by atoms with Crippen molar-refractivity contribution in [2.75, 3.05) is 25.0 Å². The van der Waals surface area contributed by atoms with Crippen molar-refractivity contribution in [1.29, 1.82) is 0 Å². The molecule has 3 heterocycles. The van der Waals surface area contributed by atoms with Crippen LogP contribution in [0, 0.1) is 6.92 Å². The molecule has 1 saturated heterocycles. The Labute approximate surface area is 169 Å². The zero-order chi connectivity index (χ0) is 20.6. The second-order valence-corrected chi connectivity index (χ2v) is 6.87. The summed E-state index contributed by atoms with van der Waals surface area (Å²) in [5.41, 5.74) is 2.02. The number of rotatable bonds is 6. The van der Waals surface area contributed by atoms with Crippen molar-refractivity contribution in [1.82, 2.24) is 25.2 Å². The number of carbonyl (C=O) groups is 2. The van der Waals surface area contributed by atoms with Gasteiger partial charge in [0, 0.05) is 43.8 Å². The van der Waals surface area contributed by atoms with Gasteiger partial charge in [0.1, 0.15) is 5.69 Å². The van der Waals surface area contributed by atoms with Gasteiger partial charge in [0.25, 0.3) is 5.91 Å². The zero-order valence-corrected chi connectivity index (χ0v) is 16.7. The summed E-state index contributed by atoms with van der Waals surface area (Å²) in [4.78, 5) is 38.9. The number of hydrogen-bond acceptors (Lipinski definition) is 7. The van der Waals surface area contributed by atoms with E-state index < -0.39 is 0 Å². The molecule has 0 aromatic carbocycles. The molecule has 9 nitrogen and oxygen atoms in total. The number of likely N-dealkylation sites (tertiary alicyclic amines) is 1. The summed E-state index contributed by atoms with van der Waals surface area (Å²) in [6, 6.07) is 5.47. The van der Waals surface area contributed by atoms with E-state index in [-0.39, 0.29) is 18.0 Å². The van der Waals surface area contributed by atoms with Gasteiger partial charge in [-0.2, -0.15) is 0 Å². The van der Waals surface area contributed by atoms with E-state index in [0.29, 0.717) is 56.4 Å². The summed E-state index contributed by atoms with van der Waals surface area (Å²) in [5, 5.41) is 6.14. The topological polar surface area (TPSA) is 109 Å². The van der Waals surface area contributed by atoms with E-state index in [1.807, 2.05) is 19.1 Å². The summed E-state index contributed by atoms with van der Waals surface area (Å²) in [6.45, 7) is 5.61. The molecule has 2 aromatic heterocycles. The van der Waals surface area contributed by atoms with Crippen LogP contribution in [0.5, 0.6) is 0 Å². The van der Waals surface area contributed by atoms with Crippen LogP contribution in [-0.4, -0.2) is 57.6 Å². The van der Waals surface area contributed by atoms with Gasteiger partial charge in [-0.3, -0.25) is 9.78 Å². The van der Waals surface area contributed by atoms with Gasteiger partial charge in [-0.15, -0.1) is 0 Å². The number of nitrogens with one attached hydrogen (secondary N) is 2. The number of aromatic nitrogens is 3. The molecule has 0 unspecified atom stereocenters. The first-order valence-corrected chi connectivity index (χ1v) is 9.76. The van der Waals surface area contributed by atoms with Crippen molar-refractivity contribution in [2.45, 2.75) is 39.3 Å². The molecule has 0 aliphatic carbocycles. The number of hydrogen-bond donors (Lipinski definition) is 2. The van der Waals surface area contributed by atoms with E-state index in [1.54, 1.807) is 30.3 Å². The molecular formula is C20H26N6O3. The Hall–Kier alpha value is -3.23. The van der Waals surface area contributed by atoms with Crippen molar-refractivity contribution < 1.29 is 14.3 Å². The van der Waals surface area contributed by atoms with Gasteiger partial charge in [-0.05, 0) is 44.4 Å². The average molecular weight is 398 g/mol. The van der Waals surface area contributed by atoms with Crippen molar-refractivity contribution in [3.05, 3.63) is 47.5 Å². The number of anilines is 1. The number of aryl methyl sites for hydroxylation is 1. The molecule has 2 aromatic rings. The number of piperidine rings is 1. The van der Waals surface area contributed by atoms with Crippen molar-refractivity contribution in [3.63, 3.8) is 0 Å². The third kappa shape index (κ3) is 5.87.